The van der Waals surface area contributed by atoms with Gasteiger partial charge in [-0.3, -0.25) is 4.68 Å². The first-order valence-electron chi connectivity index (χ1n) is 5.92. The number of nitrogens with two attached hydrogens (primary N) is 1. The summed E-state index contributed by atoms with van der Waals surface area (Å²) in [5.74, 6) is 5.50. The zero-order chi connectivity index (χ0) is 14.6. The quantitative estimate of drug-likeness (QED) is 0.494. The zero-order valence-corrected chi connectivity index (χ0v) is 11.8. The van der Waals surface area contributed by atoms with Gasteiger partial charge in [-0.25, -0.2) is 24.0 Å². The molecule has 4 N–H and O–H groups in total. The van der Waals surface area contributed by atoms with Crippen LogP contribution in [0.3, 0.4) is 0 Å². The summed E-state index contributed by atoms with van der Waals surface area (Å²) < 4.78 is 28.4. The highest BCUT2D eigenvalue weighted by Crippen LogP contribution is 2.11. The fraction of sp³-hybridized carbons (Fsp3) is 0.273. The smallest absolute Gasteiger partial charge is 0.240 e. The van der Waals surface area contributed by atoms with Crippen LogP contribution < -0.4 is 16.0 Å². The number of aromatic nitrogens is 3. The molecule has 2 aromatic rings. The van der Waals surface area contributed by atoms with Crippen molar-refractivity contribution in [2.75, 3.05) is 12.0 Å². The van der Waals surface area contributed by atoms with Crippen LogP contribution in [0.25, 0.3) is 0 Å². The number of rotatable bonds is 6. The van der Waals surface area contributed by atoms with Crippen molar-refractivity contribution in [2.45, 2.75) is 11.3 Å². The number of pyridine rings is 1. The van der Waals surface area contributed by atoms with Crippen LogP contribution in [0.5, 0.6) is 0 Å². The van der Waals surface area contributed by atoms with E-state index in [9.17, 15) is 8.42 Å². The Labute approximate surface area is 117 Å². The second-order valence-corrected chi connectivity index (χ2v) is 5.88. The van der Waals surface area contributed by atoms with Crippen molar-refractivity contribution in [1.29, 1.82) is 0 Å². The van der Waals surface area contributed by atoms with Crippen LogP contribution in [-0.2, 0) is 23.5 Å². The van der Waals surface area contributed by atoms with Crippen molar-refractivity contribution in [3.8, 4) is 0 Å². The summed E-state index contributed by atoms with van der Waals surface area (Å²) in [6.45, 7) is 0.287. The van der Waals surface area contributed by atoms with Gasteiger partial charge in [-0.2, -0.15) is 5.10 Å². The minimum atomic E-state index is -3.57. The molecule has 0 atom stereocenters. The lowest BCUT2D eigenvalue weighted by atomic mass is 10.3. The van der Waals surface area contributed by atoms with E-state index in [-0.39, 0.29) is 11.4 Å². The van der Waals surface area contributed by atoms with Gasteiger partial charge in [0.1, 0.15) is 5.82 Å². The van der Waals surface area contributed by atoms with E-state index in [4.69, 9.17) is 5.84 Å². The lowest BCUT2D eigenvalue weighted by Gasteiger charge is -2.08. The topological polar surface area (TPSA) is 115 Å². The number of hydrogen-bond acceptors (Lipinski definition) is 6. The van der Waals surface area contributed by atoms with Crippen LogP contribution in [0.4, 0.5) is 5.82 Å². The molecule has 0 amide bonds. The van der Waals surface area contributed by atoms with E-state index in [1.54, 1.807) is 10.9 Å². The minimum Gasteiger partial charge on any atom is -0.308 e. The fourth-order valence-corrected chi connectivity index (χ4v) is 2.74. The maximum absolute atomic E-state index is 12.1. The second kappa shape index (κ2) is 5.99. The van der Waals surface area contributed by atoms with Gasteiger partial charge in [-0.15, -0.1) is 0 Å². The van der Waals surface area contributed by atoms with Crippen molar-refractivity contribution < 1.29 is 8.42 Å². The van der Waals surface area contributed by atoms with Crippen molar-refractivity contribution in [3.63, 3.8) is 0 Å². The first-order chi connectivity index (χ1) is 9.53. The van der Waals surface area contributed by atoms with Gasteiger partial charge in [-0.05, 0) is 12.1 Å². The number of sulfonamides is 1. The van der Waals surface area contributed by atoms with Gasteiger partial charge >= 0.3 is 0 Å². The molecule has 2 rings (SSSR count). The molecular weight excluding hydrogens is 280 g/mol. The molecule has 0 saturated heterocycles. The van der Waals surface area contributed by atoms with E-state index in [1.165, 1.54) is 18.3 Å². The maximum atomic E-state index is 12.1. The van der Waals surface area contributed by atoms with Gasteiger partial charge in [0.2, 0.25) is 10.0 Å². The largest absolute Gasteiger partial charge is 0.308 e. The number of anilines is 1. The van der Waals surface area contributed by atoms with Crippen LogP contribution in [-0.4, -0.2) is 29.7 Å². The van der Waals surface area contributed by atoms with Crippen molar-refractivity contribution in [1.82, 2.24) is 19.5 Å². The summed E-state index contributed by atoms with van der Waals surface area (Å²) in [6, 6.07) is 4.62. The molecule has 8 nitrogen and oxygen atoms in total. The van der Waals surface area contributed by atoms with E-state index in [2.05, 4.69) is 20.2 Å². The summed E-state index contributed by atoms with van der Waals surface area (Å²) in [5.41, 5.74) is 3.26. The Bertz CT molecular complexity index is 682. The van der Waals surface area contributed by atoms with Gasteiger partial charge in [0.15, 0.2) is 0 Å². The summed E-state index contributed by atoms with van der Waals surface area (Å²) in [5, 5.41) is 4.02. The van der Waals surface area contributed by atoms with Gasteiger partial charge in [0.05, 0.1) is 4.90 Å². The van der Waals surface area contributed by atoms with E-state index in [0.717, 1.165) is 5.69 Å². The summed E-state index contributed by atoms with van der Waals surface area (Å²) in [6.07, 6.45) is 3.61. The van der Waals surface area contributed by atoms with E-state index in [1.807, 2.05) is 13.1 Å². The molecule has 20 heavy (non-hydrogen) atoms. The Kier molecular flexibility index (Phi) is 4.32. The monoisotopic (exact) mass is 296 g/mol. The predicted molar refractivity (Wildman–Crippen MR) is 74.1 cm³/mol. The van der Waals surface area contributed by atoms with E-state index in [0.29, 0.717) is 12.2 Å². The third-order valence-electron chi connectivity index (χ3n) is 2.79. The molecule has 0 aromatic carbocycles. The number of aryl methyl sites for hydroxylation is 1. The van der Waals surface area contributed by atoms with Crippen LogP contribution in [0.15, 0.2) is 35.5 Å². The molecule has 0 fully saturated rings. The molecule has 0 bridgehead atoms. The first kappa shape index (κ1) is 14.4. The Balaban J connectivity index is 2.02. The molecule has 0 saturated carbocycles. The average Bonchev–Trinajstić information content (AvgIpc) is 2.84. The minimum absolute atomic E-state index is 0.116. The number of hydrazine groups is 1. The summed E-state index contributed by atoms with van der Waals surface area (Å²) in [4.78, 5) is 3.98. The first-order valence-corrected chi connectivity index (χ1v) is 7.40. The van der Waals surface area contributed by atoms with E-state index >= 15 is 0 Å². The molecule has 0 aliphatic carbocycles. The molecule has 2 aromatic heterocycles. The Morgan fingerprint density at radius 2 is 2.15 bits per heavy atom. The summed E-state index contributed by atoms with van der Waals surface area (Å²) in [7, 11) is -1.76. The number of nitrogen functional groups attached to an aromatic ring is 1. The highest BCUT2D eigenvalue weighted by molar-refractivity contribution is 7.89. The molecule has 2 heterocycles. The van der Waals surface area contributed by atoms with Gasteiger partial charge in [0, 0.05) is 44.2 Å². The molecule has 108 valence electrons. The van der Waals surface area contributed by atoms with Crippen molar-refractivity contribution in [2.24, 2.45) is 12.9 Å². The second-order valence-electron chi connectivity index (χ2n) is 4.12. The number of hydrogen-bond donors (Lipinski definition) is 3. The molecule has 9 heteroatoms. The van der Waals surface area contributed by atoms with Crippen LogP contribution in [0.1, 0.15) is 5.69 Å². The molecule has 0 aliphatic heterocycles. The standard InChI is InChI=1S/C11H16N6O2S/c1-17-9(2-6-14-17)3-7-15-20(18,19)10-4-5-13-11(8-10)16-12/h2,4-6,8,15H,3,7,12H2,1H3,(H,13,16). The third kappa shape index (κ3) is 3.32. The molecule has 0 aliphatic rings. The van der Waals surface area contributed by atoms with Gasteiger partial charge in [-0.1, -0.05) is 0 Å². The predicted octanol–water partition coefficient (Wildman–Crippen LogP) is -0.378. The SMILES string of the molecule is Cn1nccc1CCNS(=O)(=O)c1ccnc(NN)c1. The lowest BCUT2D eigenvalue weighted by molar-refractivity contribution is 0.579. The zero-order valence-electron chi connectivity index (χ0n) is 10.9. The Hall–Kier alpha value is -1.97. The summed E-state index contributed by atoms with van der Waals surface area (Å²) >= 11 is 0. The van der Waals surface area contributed by atoms with Crippen molar-refractivity contribution in [3.05, 3.63) is 36.3 Å². The van der Waals surface area contributed by atoms with Gasteiger partial charge in [0.25, 0.3) is 0 Å². The average molecular weight is 296 g/mol. The molecular formula is C11H16N6O2S. The van der Waals surface area contributed by atoms with Crippen LogP contribution >= 0.6 is 0 Å². The maximum Gasteiger partial charge on any atom is 0.240 e. The molecule has 0 unspecified atom stereocenters. The van der Waals surface area contributed by atoms with Gasteiger partial charge < -0.3 is 5.43 Å². The number of nitrogens with one attached hydrogen (secondary N) is 2. The highest BCUT2D eigenvalue weighted by atomic mass is 32.2. The van der Waals surface area contributed by atoms with Crippen LogP contribution in [0, 0.1) is 0 Å². The Morgan fingerprint density at radius 1 is 1.35 bits per heavy atom. The number of nitrogens with zero attached hydrogens (tertiary/aromatic N) is 3. The fourth-order valence-electron chi connectivity index (χ4n) is 1.70. The lowest BCUT2D eigenvalue weighted by Crippen LogP contribution is -2.26. The van der Waals surface area contributed by atoms with Crippen molar-refractivity contribution >= 4 is 15.8 Å². The van der Waals surface area contributed by atoms with E-state index < -0.39 is 10.0 Å². The van der Waals surface area contributed by atoms with Crippen LogP contribution in [0.2, 0.25) is 0 Å². The Morgan fingerprint density at radius 3 is 2.80 bits per heavy atom. The third-order valence-corrected chi connectivity index (χ3v) is 4.24. The molecule has 0 radical (unpaired) electrons. The highest BCUT2D eigenvalue weighted by Gasteiger charge is 2.14. The molecule has 0 spiro atoms. The normalized spacial score (nSPS) is 11.5.